The summed E-state index contributed by atoms with van der Waals surface area (Å²) in [6.45, 7) is 7.47. The highest BCUT2D eigenvalue weighted by molar-refractivity contribution is 5.77. The Balaban J connectivity index is 1.48. The third-order valence-electron chi connectivity index (χ3n) is 5.87. The molecule has 4 rings (SSSR count). The third-order valence-corrected chi connectivity index (χ3v) is 5.87. The number of carbonyl (C=O) groups is 1. The van der Waals surface area contributed by atoms with Crippen molar-refractivity contribution >= 4 is 11.8 Å². The molecule has 0 saturated carbocycles. The molecule has 0 aliphatic carbocycles. The predicted octanol–water partition coefficient (Wildman–Crippen LogP) is 5.40. The van der Waals surface area contributed by atoms with Crippen molar-refractivity contribution in [1.82, 2.24) is 4.98 Å². The van der Waals surface area contributed by atoms with Gasteiger partial charge in [-0.25, -0.2) is 0 Å². The second-order valence-electron chi connectivity index (χ2n) is 8.58. The van der Waals surface area contributed by atoms with Gasteiger partial charge in [-0.1, -0.05) is 62.4 Å². The van der Waals surface area contributed by atoms with Crippen LogP contribution < -0.4 is 4.90 Å². The lowest BCUT2D eigenvalue weighted by atomic mass is 9.89. The van der Waals surface area contributed by atoms with Gasteiger partial charge in [0, 0.05) is 18.8 Å². The lowest BCUT2D eigenvalue weighted by Gasteiger charge is -2.27. The topological polar surface area (TPSA) is 65.6 Å². The number of hydrogen-bond acceptors (Lipinski definition) is 3. The number of anilines is 1. The molecule has 3 aromatic rings. The molecule has 2 N–H and O–H groups in total. The van der Waals surface area contributed by atoms with Crippen molar-refractivity contribution < 1.29 is 14.6 Å². The van der Waals surface area contributed by atoms with E-state index in [4.69, 9.17) is 4.74 Å². The van der Waals surface area contributed by atoms with Crippen LogP contribution in [-0.2, 0) is 9.53 Å². The molecule has 5 nitrogen and oxygen atoms in total. The molecule has 1 aliphatic heterocycles. The van der Waals surface area contributed by atoms with E-state index < -0.39 is 11.9 Å². The summed E-state index contributed by atoms with van der Waals surface area (Å²) in [5, 5.41) is 9.57. The molecule has 2 aromatic carbocycles. The Morgan fingerprint density at radius 3 is 2.10 bits per heavy atom. The number of nitrogens with zero attached hydrogens (tertiary/aromatic N) is 1. The van der Waals surface area contributed by atoms with Crippen LogP contribution in [0.3, 0.4) is 0 Å². The van der Waals surface area contributed by atoms with E-state index in [0.29, 0.717) is 12.3 Å². The first-order valence-corrected chi connectivity index (χ1v) is 11.0. The minimum Gasteiger partial charge on any atom is -0.481 e. The Kier molecular flexibility index (Phi) is 6.42. The molecule has 0 spiro atoms. The van der Waals surface area contributed by atoms with Gasteiger partial charge in [-0.3, -0.25) is 4.79 Å². The van der Waals surface area contributed by atoms with Gasteiger partial charge in [0.25, 0.3) is 0 Å². The number of H-pyrrole nitrogens is 1. The monoisotopic (exact) mass is 418 g/mol. The smallest absolute Gasteiger partial charge is 0.310 e. The zero-order valence-electron chi connectivity index (χ0n) is 18.2. The fourth-order valence-corrected chi connectivity index (χ4v) is 4.14. The van der Waals surface area contributed by atoms with Gasteiger partial charge in [0.15, 0.2) is 0 Å². The van der Waals surface area contributed by atoms with Crippen molar-refractivity contribution in [2.24, 2.45) is 5.92 Å². The van der Waals surface area contributed by atoms with Crippen molar-refractivity contribution in [3.63, 3.8) is 0 Å². The number of carboxylic acids is 1. The van der Waals surface area contributed by atoms with Gasteiger partial charge >= 0.3 is 5.97 Å². The summed E-state index contributed by atoms with van der Waals surface area (Å²) < 4.78 is 5.43. The van der Waals surface area contributed by atoms with Gasteiger partial charge in [0.05, 0.1) is 19.1 Å². The van der Waals surface area contributed by atoms with Crippen LogP contribution in [0.4, 0.5) is 5.82 Å². The Labute approximate surface area is 183 Å². The van der Waals surface area contributed by atoms with Crippen molar-refractivity contribution in [2.75, 3.05) is 31.2 Å². The number of morpholine rings is 1. The van der Waals surface area contributed by atoms with Crippen LogP contribution in [0.1, 0.15) is 31.7 Å². The lowest BCUT2D eigenvalue weighted by molar-refractivity contribution is -0.139. The summed E-state index contributed by atoms with van der Waals surface area (Å²) >= 11 is 0. The van der Waals surface area contributed by atoms with Crippen LogP contribution in [-0.4, -0.2) is 42.4 Å². The maximum absolute atomic E-state index is 11.7. The Morgan fingerprint density at radius 1 is 0.935 bits per heavy atom. The van der Waals surface area contributed by atoms with E-state index >= 15 is 0 Å². The van der Waals surface area contributed by atoms with Crippen LogP contribution >= 0.6 is 0 Å². The van der Waals surface area contributed by atoms with Crippen LogP contribution in [0.5, 0.6) is 0 Å². The van der Waals surface area contributed by atoms with Gasteiger partial charge in [0.2, 0.25) is 0 Å². The van der Waals surface area contributed by atoms with E-state index in [1.165, 1.54) is 0 Å². The fraction of sp³-hybridized carbons (Fsp3) is 0.346. The quantitative estimate of drug-likeness (QED) is 0.539. The van der Waals surface area contributed by atoms with E-state index in [-0.39, 0.29) is 0 Å². The summed E-state index contributed by atoms with van der Waals surface area (Å²) in [5.74, 6) is 0.260. The first kappa shape index (κ1) is 21.2. The number of rotatable bonds is 7. The molecule has 1 unspecified atom stereocenters. The molecule has 1 fully saturated rings. The number of benzene rings is 2. The summed E-state index contributed by atoms with van der Waals surface area (Å²) in [4.78, 5) is 17.5. The number of aliphatic carboxylic acids is 1. The van der Waals surface area contributed by atoms with Crippen LogP contribution in [0.2, 0.25) is 0 Å². The maximum Gasteiger partial charge on any atom is 0.310 e. The van der Waals surface area contributed by atoms with Crippen molar-refractivity contribution in [3.8, 4) is 22.4 Å². The highest BCUT2D eigenvalue weighted by Crippen LogP contribution is 2.29. The second kappa shape index (κ2) is 9.40. The molecule has 162 valence electrons. The molecule has 0 amide bonds. The highest BCUT2D eigenvalue weighted by atomic mass is 16.5. The van der Waals surface area contributed by atoms with Crippen LogP contribution in [0.25, 0.3) is 22.4 Å². The number of carboxylic acid groups (broad SMARTS) is 1. The van der Waals surface area contributed by atoms with Crippen LogP contribution in [0.15, 0.2) is 60.7 Å². The second-order valence-corrected chi connectivity index (χ2v) is 8.58. The number of aromatic amines is 1. The van der Waals surface area contributed by atoms with Gasteiger partial charge in [-0.2, -0.15) is 0 Å². The van der Waals surface area contributed by atoms with E-state index in [0.717, 1.165) is 60.1 Å². The Bertz CT molecular complexity index is 1000. The number of nitrogens with one attached hydrogen (secondary N) is 1. The average molecular weight is 419 g/mol. The average Bonchev–Trinajstić information content (AvgIpc) is 3.28. The molecule has 2 heterocycles. The molecule has 1 aliphatic rings. The normalized spacial score (nSPS) is 15.3. The maximum atomic E-state index is 11.7. The molecule has 1 saturated heterocycles. The summed E-state index contributed by atoms with van der Waals surface area (Å²) in [7, 11) is 0. The zero-order valence-corrected chi connectivity index (χ0v) is 18.2. The lowest BCUT2D eigenvalue weighted by Crippen LogP contribution is -2.36. The van der Waals surface area contributed by atoms with E-state index in [2.05, 4.69) is 60.1 Å². The van der Waals surface area contributed by atoms with Crippen LogP contribution in [0, 0.1) is 5.92 Å². The SMILES string of the molecule is CC(C)CC(C(=O)O)c1ccc(-c2ccc(-c3ccc(N4CCOCC4)[nH]3)cc2)cc1. The minimum atomic E-state index is -0.756. The Hall–Kier alpha value is -3.05. The molecule has 0 bridgehead atoms. The predicted molar refractivity (Wildman–Crippen MR) is 125 cm³/mol. The van der Waals surface area contributed by atoms with Gasteiger partial charge < -0.3 is 19.7 Å². The molecule has 0 radical (unpaired) electrons. The summed E-state index contributed by atoms with van der Waals surface area (Å²) in [6, 6.07) is 20.7. The number of ether oxygens (including phenoxy) is 1. The number of hydrogen-bond donors (Lipinski definition) is 2. The van der Waals surface area contributed by atoms with Gasteiger partial charge in [-0.05, 0) is 46.7 Å². The van der Waals surface area contributed by atoms with E-state index in [1.54, 1.807) is 0 Å². The molecule has 1 atom stereocenters. The first-order valence-electron chi connectivity index (χ1n) is 11.0. The summed E-state index contributed by atoms with van der Waals surface area (Å²) in [5.41, 5.74) is 5.31. The molecule has 1 aromatic heterocycles. The largest absolute Gasteiger partial charge is 0.481 e. The molecular weight excluding hydrogens is 388 g/mol. The van der Waals surface area contributed by atoms with E-state index in [9.17, 15) is 9.90 Å². The molecule has 31 heavy (non-hydrogen) atoms. The van der Waals surface area contributed by atoms with Crippen molar-refractivity contribution in [3.05, 3.63) is 66.2 Å². The van der Waals surface area contributed by atoms with Gasteiger partial charge in [-0.15, -0.1) is 0 Å². The third kappa shape index (κ3) is 5.00. The fourth-order valence-electron chi connectivity index (χ4n) is 4.14. The highest BCUT2D eigenvalue weighted by Gasteiger charge is 2.21. The standard InChI is InChI=1S/C26H30N2O3/c1-18(2)17-23(26(29)30)21-7-3-19(4-8-21)20-5-9-22(10-6-20)24-11-12-25(27-24)28-13-15-31-16-14-28/h3-12,18,23,27H,13-17H2,1-2H3,(H,29,30). The zero-order chi connectivity index (χ0) is 21.8. The Morgan fingerprint density at radius 2 is 1.52 bits per heavy atom. The minimum absolute atomic E-state index is 0.338. The number of aromatic nitrogens is 1. The first-order chi connectivity index (χ1) is 15.0. The molecule has 5 heteroatoms. The molecular formula is C26H30N2O3. The van der Waals surface area contributed by atoms with Crippen molar-refractivity contribution in [1.29, 1.82) is 0 Å². The van der Waals surface area contributed by atoms with E-state index in [1.807, 2.05) is 24.3 Å². The summed E-state index contributed by atoms with van der Waals surface area (Å²) in [6.07, 6.45) is 0.645. The van der Waals surface area contributed by atoms with Gasteiger partial charge in [0.1, 0.15) is 5.82 Å². The van der Waals surface area contributed by atoms with Crippen molar-refractivity contribution in [2.45, 2.75) is 26.2 Å².